The largest absolute Gasteiger partial charge is 0.494 e. The fourth-order valence-electron chi connectivity index (χ4n) is 2.12. The summed E-state index contributed by atoms with van der Waals surface area (Å²) in [6.45, 7) is 3.80. The number of carboxylic acid groups (broad SMARTS) is 1. The second-order valence-corrected chi connectivity index (χ2v) is 5.62. The lowest BCUT2D eigenvalue weighted by molar-refractivity contribution is 0.0697. The van der Waals surface area contributed by atoms with Crippen LogP contribution in [0.5, 0.6) is 5.88 Å². The van der Waals surface area contributed by atoms with Gasteiger partial charge in [0.05, 0.1) is 11.3 Å². The van der Waals surface area contributed by atoms with Crippen molar-refractivity contribution >= 4 is 30.1 Å². The number of benzene rings is 1. The number of aliphatic imine (C=N–C) groups is 1. The lowest BCUT2D eigenvalue weighted by Gasteiger charge is -2.16. The van der Waals surface area contributed by atoms with Gasteiger partial charge in [-0.25, -0.2) is 4.79 Å². The summed E-state index contributed by atoms with van der Waals surface area (Å²) in [6.07, 6.45) is 1.91. The van der Waals surface area contributed by atoms with E-state index in [2.05, 4.69) is 9.98 Å². The van der Waals surface area contributed by atoms with E-state index in [1.54, 1.807) is 12.1 Å². The molecule has 126 valence electrons. The van der Waals surface area contributed by atoms with Gasteiger partial charge in [0, 0.05) is 12.3 Å². The van der Waals surface area contributed by atoms with E-state index in [1.807, 2.05) is 13.8 Å². The summed E-state index contributed by atoms with van der Waals surface area (Å²) in [7, 11) is 0. The molecule has 0 aliphatic carbocycles. The van der Waals surface area contributed by atoms with Crippen LogP contribution in [0.3, 0.4) is 0 Å². The molecule has 2 rings (SSSR count). The van der Waals surface area contributed by atoms with Crippen molar-refractivity contribution in [1.82, 2.24) is 9.55 Å². The third kappa shape index (κ3) is 3.60. The van der Waals surface area contributed by atoms with Crippen LogP contribution < -0.4 is 5.56 Å². The van der Waals surface area contributed by atoms with Crippen molar-refractivity contribution in [3.8, 4) is 5.88 Å². The fourth-order valence-corrected chi connectivity index (χ4v) is 2.48. The average Bonchev–Trinajstić information content (AvgIpc) is 2.54. The first-order valence-corrected chi connectivity index (χ1v) is 7.71. The maximum absolute atomic E-state index is 12.0. The summed E-state index contributed by atoms with van der Waals surface area (Å²) >= 11 is 5.09. The SMILES string of the molecule is CC[C@H](C)n1c(O)c(C=Nc2cccc(C(=O)O)c2)c(=O)[nH]c1=S. The molecule has 1 aromatic heterocycles. The van der Waals surface area contributed by atoms with Gasteiger partial charge in [-0.15, -0.1) is 0 Å². The maximum atomic E-state index is 12.0. The van der Waals surface area contributed by atoms with Crippen molar-refractivity contribution in [2.75, 3.05) is 0 Å². The molecule has 0 aliphatic heterocycles. The highest BCUT2D eigenvalue weighted by molar-refractivity contribution is 7.71. The number of aromatic carboxylic acids is 1. The van der Waals surface area contributed by atoms with E-state index >= 15 is 0 Å². The predicted molar refractivity (Wildman–Crippen MR) is 93.2 cm³/mol. The molecule has 0 fully saturated rings. The summed E-state index contributed by atoms with van der Waals surface area (Å²) in [6, 6.07) is 5.85. The van der Waals surface area contributed by atoms with Gasteiger partial charge >= 0.3 is 5.97 Å². The average molecular weight is 347 g/mol. The Kier molecular flexibility index (Phi) is 5.30. The number of nitrogens with zero attached hydrogens (tertiary/aromatic N) is 2. The van der Waals surface area contributed by atoms with Gasteiger partial charge in [-0.2, -0.15) is 0 Å². The van der Waals surface area contributed by atoms with E-state index in [9.17, 15) is 14.7 Å². The number of H-pyrrole nitrogens is 1. The first-order chi connectivity index (χ1) is 11.3. The number of nitrogens with one attached hydrogen (secondary N) is 1. The highest BCUT2D eigenvalue weighted by atomic mass is 32.1. The molecule has 1 heterocycles. The number of hydrogen-bond donors (Lipinski definition) is 3. The van der Waals surface area contributed by atoms with Crippen molar-refractivity contribution in [2.24, 2.45) is 4.99 Å². The summed E-state index contributed by atoms with van der Waals surface area (Å²) in [4.78, 5) is 29.6. The van der Waals surface area contributed by atoms with Crippen molar-refractivity contribution in [3.05, 3.63) is 50.5 Å². The third-order valence-electron chi connectivity index (χ3n) is 3.62. The Morgan fingerprint density at radius 1 is 1.50 bits per heavy atom. The number of aromatic hydroxyl groups is 1. The lowest BCUT2D eigenvalue weighted by atomic mass is 10.2. The fraction of sp³-hybridized carbons (Fsp3) is 0.250. The molecule has 1 aromatic carbocycles. The first kappa shape index (κ1) is 17.6. The van der Waals surface area contributed by atoms with E-state index in [-0.39, 0.29) is 27.8 Å². The van der Waals surface area contributed by atoms with Crippen molar-refractivity contribution in [2.45, 2.75) is 26.3 Å². The van der Waals surface area contributed by atoms with E-state index < -0.39 is 11.5 Å². The monoisotopic (exact) mass is 347 g/mol. The summed E-state index contributed by atoms with van der Waals surface area (Å²) < 4.78 is 1.59. The van der Waals surface area contributed by atoms with Gasteiger partial charge in [0.1, 0.15) is 5.56 Å². The zero-order chi connectivity index (χ0) is 17.9. The zero-order valence-corrected chi connectivity index (χ0v) is 14.0. The molecule has 0 aliphatic rings. The molecule has 0 bridgehead atoms. The molecule has 0 unspecified atom stereocenters. The van der Waals surface area contributed by atoms with Gasteiger partial charge in [0.25, 0.3) is 5.56 Å². The molecule has 0 saturated heterocycles. The Hall–Kier alpha value is -2.74. The van der Waals surface area contributed by atoms with Crippen LogP contribution >= 0.6 is 12.2 Å². The Bertz CT molecular complexity index is 914. The molecule has 8 heteroatoms. The van der Waals surface area contributed by atoms with Crippen LogP contribution in [0.4, 0.5) is 5.69 Å². The van der Waals surface area contributed by atoms with E-state index in [0.717, 1.165) is 0 Å². The summed E-state index contributed by atoms with van der Waals surface area (Å²) in [5.74, 6) is -1.34. The maximum Gasteiger partial charge on any atom is 0.335 e. The molecule has 0 radical (unpaired) electrons. The Morgan fingerprint density at radius 3 is 2.83 bits per heavy atom. The van der Waals surface area contributed by atoms with Gasteiger partial charge in [-0.1, -0.05) is 13.0 Å². The van der Waals surface area contributed by atoms with Crippen molar-refractivity contribution in [3.63, 3.8) is 0 Å². The number of rotatable bonds is 5. The minimum absolute atomic E-state index is 0.0374. The number of aromatic nitrogens is 2. The lowest BCUT2D eigenvalue weighted by Crippen LogP contribution is -2.20. The van der Waals surface area contributed by atoms with E-state index in [1.165, 1.54) is 22.9 Å². The predicted octanol–water partition coefficient (Wildman–Crippen LogP) is 3.03. The molecule has 0 spiro atoms. The second-order valence-electron chi connectivity index (χ2n) is 5.24. The quantitative estimate of drug-likeness (QED) is 0.569. The highest BCUT2D eigenvalue weighted by Crippen LogP contribution is 2.21. The molecular formula is C16H17N3O4S. The second kappa shape index (κ2) is 7.22. The summed E-state index contributed by atoms with van der Waals surface area (Å²) in [5.41, 5.74) is -0.163. The minimum atomic E-state index is -1.07. The van der Waals surface area contributed by atoms with Crippen LogP contribution in [0.25, 0.3) is 0 Å². The van der Waals surface area contributed by atoms with Crippen molar-refractivity contribution in [1.29, 1.82) is 0 Å². The van der Waals surface area contributed by atoms with Gasteiger partial charge in [-0.3, -0.25) is 19.3 Å². The molecule has 24 heavy (non-hydrogen) atoms. The van der Waals surface area contributed by atoms with E-state index in [4.69, 9.17) is 17.3 Å². The standard InChI is InChI=1S/C16H17N3O4S/c1-3-9(2)19-14(21)12(13(20)18-16(19)24)8-17-11-6-4-5-10(7-11)15(22)23/h4-9,21H,3H2,1-2H3,(H,22,23)(H,18,20,24)/t9-/m0/s1. The van der Waals surface area contributed by atoms with Crippen LogP contribution in [0, 0.1) is 4.77 Å². The van der Waals surface area contributed by atoms with Gasteiger partial charge in [0.2, 0.25) is 5.88 Å². The smallest absolute Gasteiger partial charge is 0.335 e. The minimum Gasteiger partial charge on any atom is -0.494 e. The first-order valence-electron chi connectivity index (χ1n) is 7.30. The molecule has 7 nitrogen and oxygen atoms in total. The Balaban J connectivity index is 2.50. The van der Waals surface area contributed by atoms with Gasteiger partial charge in [-0.05, 0) is 43.8 Å². The molecule has 1 atom stereocenters. The summed E-state index contributed by atoms with van der Waals surface area (Å²) in [5, 5.41) is 19.3. The zero-order valence-electron chi connectivity index (χ0n) is 13.2. The Labute approximate surface area is 142 Å². The van der Waals surface area contributed by atoms with Crippen molar-refractivity contribution < 1.29 is 15.0 Å². The number of carbonyl (C=O) groups is 1. The molecule has 2 aromatic rings. The van der Waals surface area contributed by atoms with Crippen LogP contribution in [-0.2, 0) is 0 Å². The normalized spacial score (nSPS) is 12.4. The number of aromatic amines is 1. The molecule has 0 saturated carbocycles. The number of carboxylic acids is 1. The Morgan fingerprint density at radius 2 is 2.21 bits per heavy atom. The van der Waals surface area contributed by atoms with Crippen LogP contribution in [0.15, 0.2) is 34.1 Å². The van der Waals surface area contributed by atoms with Crippen LogP contribution in [0.2, 0.25) is 0 Å². The van der Waals surface area contributed by atoms with E-state index in [0.29, 0.717) is 12.1 Å². The van der Waals surface area contributed by atoms with Gasteiger partial charge in [0.15, 0.2) is 4.77 Å². The highest BCUT2D eigenvalue weighted by Gasteiger charge is 2.14. The van der Waals surface area contributed by atoms with Gasteiger partial charge < -0.3 is 10.2 Å². The molecular weight excluding hydrogens is 330 g/mol. The number of hydrogen-bond acceptors (Lipinski definition) is 5. The van der Waals surface area contributed by atoms with Crippen LogP contribution in [-0.4, -0.2) is 31.9 Å². The topological polar surface area (TPSA) is 108 Å². The van der Waals surface area contributed by atoms with Crippen LogP contribution in [0.1, 0.15) is 42.2 Å². The third-order valence-corrected chi connectivity index (χ3v) is 3.92. The molecule has 0 amide bonds. The molecule has 3 N–H and O–H groups in total.